The van der Waals surface area contributed by atoms with E-state index in [1.165, 1.54) is 12.8 Å². The normalized spacial score (nSPS) is 25.0. The van der Waals surface area contributed by atoms with Crippen LogP contribution in [0, 0.1) is 0 Å². The van der Waals surface area contributed by atoms with E-state index < -0.39 is 0 Å². The highest BCUT2D eigenvalue weighted by Crippen LogP contribution is 2.51. The number of hydrogen-bond donors (Lipinski definition) is 0. The van der Waals surface area contributed by atoms with Gasteiger partial charge in [-0.1, -0.05) is 48.5 Å². The van der Waals surface area contributed by atoms with Crippen LogP contribution >= 0.6 is 0 Å². The molecule has 0 saturated carbocycles. The van der Waals surface area contributed by atoms with E-state index in [0.717, 1.165) is 11.8 Å². The van der Waals surface area contributed by atoms with Gasteiger partial charge in [-0.25, -0.2) is 0 Å². The van der Waals surface area contributed by atoms with E-state index in [1.807, 2.05) is 0 Å². The predicted molar refractivity (Wildman–Crippen MR) is 65.8 cm³/mol. The molecule has 0 spiro atoms. The van der Waals surface area contributed by atoms with E-state index >= 15 is 0 Å². The summed E-state index contributed by atoms with van der Waals surface area (Å²) in [7, 11) is 0. The van der Waals surface area contributed by atoms with Gasteiger partial charge in [-0.05, 0) is 46.9 Å². The number of rotatable bonds is 0. The minimum Gasteiger partial charge on any atom is -0.0620 e. The maximum Gasteiger partial charge on any atom is -0.00465 e. The summed E-state index contributed by atoms with van der Waals surface area (Å²) in [6.07, 6.45) is 2.50. The number of hydrogen-bond acceptors (Lipinski definition) is 0. The molecular formula is C16H14. The first kappa shape index (κ1) is 8.58. The van der Waals surface area contributed by atoms with Crippen molar-refractivity contribution in [3.63, 3.8) is 0 Å². The Morgan fingerprint density at radius 3 is 1.56 bits per heavy atom. The van der Waals surface area contributed by atoms with E-state index in [9.17, 15) is 0 Å². The van der Waals surface area contributed by atoms with Crippen molar-refractivity contribution >= 4 is 0 Å². The lowest BCUT2D eigenvalue weighted by molar-refractivity contribution is 0.633. The van der Waals surface area contributed by atoms with Crippen LogP contribution in [-0.4, -0.2) is 0 Å². The molecule has 0 heterocycles. The fourth-order valence-corrected chi connectivity index (χ4v) is 3.58. The molecule has 0 unspecified atom stereocenters. The molecule has 0 saturated heterocycles. The van der Waals surface area contributed by atoms with Gasteiger partial charge in [0.25, 0.3) is 0 Å². The van der Waals surface area contributed by atoms with Gasteiger partial charge < -0.3 is 0 Å². The first-order valence-electron chi connectivity index (χ1n) is 6.09. The minimum absolute atomic E-state index is 0.758. The first-order chi connectivity index (χ1) is 7.93. The van der Waals surface area contributed by atoms with Crippen LogP contribution in [0.2, 0.25) is 0 Å². The maximum atomic E-state index is 2.33. The van der Waals surface area contributed by atoms with Crippen LogP contribution in [0.25, 0.3) is 0 Å². The van der Waals surface area contributed by atoms with E-state index in [1.54, 1.807) is 22.3 Å². The van der Waals surface area contributed by atoms with Crippen molar-refractivity contribution in [2.75, 3.05) is 0 Å². The lowest BCUT2D eigenvalue weighted by atomic mass is 9.94. The Morgan fingerprint density at radius 1 is 0.625 bits per heavy atom. The second-order valence-corrected chi connectivity index (χ2v) is 5.02. The van der Waals surface area contributed by atoms with Crippen molar-refractivity contribution in [3.8, 4) is 0 Å². The summed E-state index contributed by atoms with van der Waals surface area (Å²) in [6, 6.07) is 18.0. The van der Waals surface area contributed by atoms with Crippen LogP contribution in [0.15, 0.2) is 48.5 Å². The third-order valence-electron chi connectivity index (χ3n) is 4.27. The third kappa shape index (κ3) is 0.996. The maximum absolute atomic E-state index is 2.33. The minimum atomic E-state index is 0.758. The van der Waals surface area contributed by atoms with Crippen LogP contribution in [0.1, 0.15) is 34.1 Å². The molecule has 4 rings (SSSR count). The van der Waals surface area contributed by atoms with Gasteiger partial charge in [0.05, 0.1) is 0 Å². The second kappa shape index (κ2) is 2.98. The van der Waals surface area contributed by atoms with E-state index in [-0.39, 0.29) is 0 Å². The van der Waals surface area contributed by atoms with Gasteiger partial charge in [-0.15, -0.1) is 0 Å². The summed E-state index contributed by atoms with van der Waals surface area (Å²) < 4.78 is 0. The quantitative estimate of drug-likeness (QED) is 0.617. The molecule has 2 aromatic carbocycles. The van der Waals surface area contributed by atoms with Crippen molar-refractivity contribution in [1.82, 2.24) is 0 Å². The number of fused-ring (bicyclic) bond motifs is 5. The molecule has 78 valence electrons. The Hall–Kier alpha value is -1.56. The van der Waals surface area contributed by atoms with E-state index in [0.29, 0.717) is 0 Å². The Kier molecular flexibility index (Phi) is 1.59. The molecule has 2 aliphatic carbocycles. The lowest BCUT2D eigenvalue weighted by Gasteiger charge is -2.09. The summed E-state index contributed by atoms with van der Waals surface area (Å²) in [4.78, 5) is 0. The fourth-order valence-electron chi connectivity index (χ4n) is 3.58. The van der Waals surface area contributed by atoms with Gasteiger partial charge in [-0.2, -0.15) is 0 Å². The van der Waals surface area contributed by atoms with Gasteiger partial charge in [0.15, 0.2) is 0 Å². The lowest BCUT2D eigenvalue weighted by Crippen LogP contribution is -1.98. The van der Waals surface area contributed by atoms with Crippen molar-refractivity contribution < 1.29 is 0 Å². The first-order valence-corrected chi connectivity index (χ1v) is 6.09. The van der Waals surface area contributed by atoms with Crippen molar-refractivity contribution in [3.05, 3.63) is 70.8 Å². The molecule has 0 aliphatic heterocycles. The molecule has 0 fully saturated rings. The average molecular weight is 206 g/mol. The molecule has 0 nitrogen and oxygen atoms in total. The highest BCUT2D eigenvalue weighted by atomic mass is 14.4. The van der Waals surface area contributed by atoms with Crippen LogP contribution in [0.4, 0.5) is 0 Å². The molecule has 0 radical (unpaired) electrons. The third-order valence-corrected chi connectivity index (χ3v) is 4.27. The Balaban J connectivity index is 1.86. The van der Waals surface area contributed by atoms with Crippen LogP contribution in [0.3, 0.4) is 0 Å². The largest absolute Gasteiger partial charge is 0.0620 e. The van der Waals surface area contributed by atoms with Crippen LogP contribution in [-0.2, 0) is 12.8 Å². The van der Waals surface area contributed by atoms with Crippen molar-refractivity contribution in [1.29, 1.82) is 0 Å². The molecular weight excluding hydrogens is 192 g/mol. The van der Waals surface area contributed by atoms with Crippen molar-refractivity contribution in [2.24, 2.45) is 0 Å². The van der Waals surface area contributed by atoms with Gasteiger partial charge in [0, 0.05) is 0 Å². The van der Waals surface area contributed by atoms with Crippen LogP contribution in [0.5, 0.6) is 0 Å². The summed E-state index contributed by atoms with van der Waals surface area (Å²) in [5.41, 5.74) is 6.35. The monoisotopic (exact) mass is 206 g/mol. The topological polar surface area (TPSA) is 0 Å². The Labute approximate surface area is 95.9 Å². The summed E-state index contributed by atoms with van der Waals surface area (Å²) in [6.45, 7) is 0. The zero-order valence-corrected chi connectivity index (χ0v) is 9.19. The highest BCUT2D eigenvalue weighted by molar-refractivity contribution is 5.49. The SMILES string of the molecule is c1ccc2c(c1)C[C@H]1c3ccccc3C[C@H]21. The highest BCUT2D eigenvalue weighted by Gasteiger charge is 2.38. The van der Waals surface area contributed by atoms with Gasteiger partial charge in [0.1, 0.15) is 0 Å². The van der Waals surface area contributed by atoms with Crippen LogP contribution < -0.4 is 0 Å². The molecule has 0 amide bonds. The Bertz CT molecular complexity index is 502. The van der Waals surface area contributed by atoms with Gasteiger partial charge in [0.2, 0.25) is 0 Å². The fraction of sp³-hybridized carbons (Fsp3) is 0.250. The summed E-state index contributed by atoms with van der Waals surface area (Å²) in [5.74, 6) is 1.52. The number of benzene rings is 2. The molecule has 2 aliphatic rings. The Morgan fingerprint density at radius 2 is 1.06 bits per heavy atom. The summed E-state index contributed by atoms with van der Waals surface area (Å²) in [5, 5.41) is 0. The second-order valence-electron chi connectivity index (χ2n) is 5.02. The van der Waals surface area contributed by atoms with Gasteiger partial charge in [-0.3, -0.25) is 0 Å². The summed E-state index contributed by atoms with van der Waals surface area (Å²) >= 11 is 0. The molecule has 0 N–H and O–H groups in total. The average Bonchev–Trinajstić information content (AvgIpc) is 2.85. The smallest absolute Gasteiger partial charge is 0.00465 e. The standard InChI is InChI=1S/C16H14/c1-3-7-13-11(5-1)9-15-14-8-4-2-6-12(14)10-16(13)15/h1-8,15-16H,9-10H2/t15-,16+. The van der Waals surface area contributed by atoms with E-state index in [2.05, 4.69) is 48.5 Å². The van der Waals surface area contributed by atoms with Crippen molar-refractivity contribution in [2.45, 2.75) is 24.7 Å². The van der Waals surface area contributed by atoms with E-state index in [4.69, 9.17) is 0 Å². The molecule has 2 aromatic rings. The zero-order valence-electron chi connectivity index (χ0n) is 9.19. The molecule has 2 atom stereocenters. The molecule has 0 aromatic heterocycles. The molecule has 0 heteroatoms. The molecule has 16 heavy (non-hydrogen) atoms. The van der Waals surface area contributed by atoms with Gasteiger partial charge >= 0.3 is 0 Å². The molecule has 0 bridgehead atoms. The zero-order chi connectivity index (χ0) is 10.5. The predicted octanol–water partition coefficient (Wildman–Crippen LogP) is 3.67.